The summed E-state index contributed by atoms with van der Waals surface area (Å²) in [5, 5.41) is 0. The maximum Gasteiger partial charge on any atom is 0.433 e. The summed E-state index contributed by atoms with van der Waals surface area (Å²) in [6.07, 6.45) is -2.39. The molecular weight excluding hydrogens is 353 g/mol. The van der Waals surface area contributed by atoms with Crippen molar-refractivity contribution in [2.24, 2.45) is 5.73 Å². The van der Waals surface area contributed by atoms with Crippen LogP contribution in [0, 0.1) is 0 Å². The summed E-state index contributed by atoms with van der Waals surface area (Å²) in [5.74, 6) is 0. The Hall–Kier alpha value is -2.38. The van der Waals surface area contributed by atoms with Gasteiger partial charge in [-0.3, -0.25) is 4.90 Å². The number of halogens is 3. The van der Waals surface area contributed by atoms with Gasteiger partial charge in [0.25, 0.3) is 0 Å². The van der Waals surface area contributed by atoms with Crippen LogP contribution >= 0.6 is 0 Å². The second-order valence-electron chi connectivity index (χ2n) is 6.74. The van der Waals surface area contributed by atoms with Crippen LogP contribution in [0.25, 0.3) is 0 Å². The van der Waals surface area contributed by atoms with Crippen molar-refractivity contribution in [1.82, 2.24) is 14.8 Å². The maximum atomic E-state index is 13.1. The van der Waals surface area contributed by atoms with Gasteiger partial charge in [-0.05, 0) is 30.2 Å². The Bertz CT molecular complexity index is 803. The van der Waals surface area contributed by atoms with Crippen molar-refractivity contribution in [2.75, 3.05) is 13.2 Å². The Morgan fingerprint density at radius 3 is 2.48 bits per heavy atom. The van der Waals surface area contributed by atoms with Gasteiger partial charge in [0, 0.05) is 31.9 Å². The van der Waals surface area contributed by atoms with E-state index in [-0.39, 0.29) is 6.54 Å². The van der Waals surface area contributed by atoms with E-state index in [1.165, 1.54) is 5.56 Å². The van der Waals surface area contributed by atoms with Crippen molar-refractivity contribution in [3.05, 3.63) is 76.8 Å². The highest BCUT2D eigenvalue weighted by atomic mass is 19.4. The molecular formula is C20H23F3N4. The van der Waals surface area contributed by atoms with Crippen LogP contribution in [0.5, 0.6) is 0 Å². The van der Waals surface area contributed by atoms with Crippen LogP contribution in [0.1, 0.15) is 29.4 Å². The second-order valence-corrected chi connectivity index (χ2v) is 6.74. The number of alkyl halides is 3. The van der Waals surface area contributed by atoms with Gasteiger partial charge in [0.1, 0.15) is 5.69 Å². The number of allylic oxidation sites excluding steroid dienone is 1. The lowest BCUT2D eigenvalue weighted by Crippen LogP contribution is -2.40. The van der Waals surface area contributed by atoms with Crippen molar-refractivity contribution >= 4 is 0 Å². The molecule has 0 bridgehead atoms. The minimum absolute atomic E-state index is 0.0533. The van der Waals surface area contributed by atoms with Crippen LogP contribution in [-0.4, -0.2) is 28.0 Å². The zero-order chi connectivity index (χ0) is 19.4. The average Bonchev–Trinajstić information content (AvgIpc) is 2.64. The first-order valence-electron chi connectivity index (χ1n) is 8.80. The van der Waals surface area contributed by atoms with E-state index < -0.39 is 11.9 Å². The molecule has 4 nitrogen and oxygen atoms in total. The Morgan fingerprint density at radius 2 is 1.81 bits per heavy atom. The standard InChI is InChI=1S/C20H23F3N4/c1-15-7-8-26(14-27(15)12-16-5-3-2-4-6-16)13-18-9-17(11-24)10-19(25-18)20(21,22)23/h2-7,9-10H,8,11-14,24H2,1H3. The number of aromatic nitrogens is 1. The number of hydrogen-bond acceptors (Lipinski definition) is 4. The first-order valence-corrected chi connectivity index (χ1v) is 8.80. The molecule has 1 aromatic carbocycles. The number of pyridine rings is 1. The molecule has 3 rings (SSSR count). The van der Waals surface area contributed by atoms with Gasteiger partial charge in [0.15, 0.2) is 0 Å². The highest BCUT2D eigenvalue weighted by Crippen LogP contribution is 2.29. The molecule has 2 aromatic rings. The number of nitrogens with zero attached hydrogens (tertiary/aromatic N) is 3. The van der Waals surface area contributed by atoms with Crippen molar-refractivity contribution in [3.63, 3.8) is 0 Å². The first kappa shape index (κ1) is 19.4. The fourth-order valence-corrected chi connectivity index (χ4v) is 3.12. The Morgan fingerprint density at radius 1 is 1.07 bits per heavy atom. The van der Waals surface area contributed by atoms with Gasteiger partial charge in [-0.2, -0.15) is 13.2 Å². The number of benzene rings is 1. The van der Waals surface area contributed by atoms with Crippen LogP contribution < -0.4 is 5.73 Å². The predicted octanol–water partition coefficient (Wildman–Crippen LogP) is 3.74. The highest BCUT2D eigenvalue weighted by molar-refractivity contribution is 5.23. The summed E-state index contributed by atoms with van der Waals surface area (Å²) in [6, 6.07) is 12.8. The summed E-state index contributed by atoms with van der Waals surface area (Å²) in [7, 11) is 0. The van der Waals surface area contributed by atoms with E-state index in [9.17, 15) is 13.2 Å². The molecule has 1 aromatic heterocycles. The predicted molar refractivity (Wildman–Crippen MR) is 98.1 cm³/mol. The van der Waals surface area contributed by atoms with Gasteiger partial charge in [-0.1, -0.05) is 36.4 Å². The van der Waals surface area contributed by atoms with E-state index in [2.05, 4.69) is 39.9 Å². The molecule has 0 atom stereocenters. The van der Waals surface area contributed by atoms with Gasteiger partial charge < -0.3 is 10.6 Å². The lowest BCUT2D eigenvalue weighted by molar-refractivity contribution is -0.141. The number of hydrogen-bond donors (Lipinski definition) is 1. The van der Waals surface area contributed by atoms with Gasteiger partial charge in [-0.15, -0.1) is 0 Å². The summed E-state index contributed by atoms with van der Waals surface area (Å²) in [4.78, 5) is 8.09. The van der Waals surface area contributed by atoms with E-state index in [1.54, 1.807) is 6.07 Å². The molecule has 27 heavy (non-hydrogen) atoms. The van der Waals surface area contributed by atoms with Crippen LogP contribution in [-0.2, 0) is 25.8 Å². The zero-order valence-corrected chi connectivity index (χ0v) is 15.2. The number of rotatable bonds is 5. The summed E-state index contributed by atoms with van der Waals surface area (Å²) < 4.78 is 39.3. The lowest BCUT2D eigenvalue weighted by Gasteiger charge is -2.36. The molecule has 0 saturated heterocycles. The average molecular weight is 376 g/mol. The Labute approximate surface area is 157 Å². The molecule has 0 aliphatic carbocycles. The number of nitrogens with two attached hydrogens (primary N) is 1. The van der Waals surface area contributed by atoms with E-state index in [0.717, 1.165) is 18.3 Å². The molecule has 1 aliphatic rings. The molecule has 0 spiro atoms. The van der Waals surface area contributed by atoms with Gasteiger partial charge in [0.2, 0.25) is 0 Å². The van der Waals surface area contributed by atoms with Crippen LogP contribution in [0.4, 0.5) is 13.2 Å². The minimum atomic E-state index is -4.47. The zero-order valence-electron chi connectivity index (χ0n) is 15.2. The molecule has 1 aliphatic heterocycles. The topological polar surface area (TPSA) is 45.4 Å². The van der Waals surface area contributed by atoms with Crippen molar-refractivity contribution in [2.45, 2.75) is 32.7 Å². The second kappa shape index (κ2) is 8.10. The van der Waals surface area contributed by atoms with E-state index in [4.69, 9.17) is 5.73 Å². The van der Waals surface area contributed by atoms with Gasteiger partial charge in [-0.25, -0.2) is 4.98 Å². The van der Waals surface area contributed by atoms with E-state index >= 15 is 0 Å². The lowest BCUT2D eigenvalue weighted by atomic mass is 10.1. The third-order valence-corrected chi connectivity index (χ3v) is 4.58. The molecule has 0 radical (unpaired) electrons. The molecule has 0 amide bonds. The quantitative estimate of drug-likeness (QED) is 0.864. The van der Waals surface area contributed by atoms with E-state index in [0.29, 0.717) is 31.0 Å². The summed E-state index contributed by atoms with van der Waals surface area (Å²) >= 11 is 0. The first-order chi connectivity index (χ1) is 12.8. The van der Waals surface area contributed by atoms with E-state index in [1.807, 2.05) is 18.2 Å². The van der Waals surface area contributed by atoms with Gasteiger partial charge >= 0.3 is 6.18 Å². The summed E-state index contributed by atoms with van der Waals surface area (Å²) in [5.41, 5.74) is 7.86. The fourth-order valence-electron chi connectivity index (χ4n) is 3.12. The van der Waals surface area contributed by atoms with Crippen LogP contribution in [0.2, 0.25) is 0 Å². The van der Waals surface area contributed by atoms with Crippen molar-refractivity contribution in [3.8, 4) is 0 Å². The molecule has 7 heteroatoms. The largest absolute Gasteiger partial charge is 0.433 e. The molecule has 2 heterocycles. The molecule has 144 valence electrons. The SMILES string of the molecule is CC1=CCN(Cc2cc(CN)cc(C(F)(F)F)n2)CN1Cc1ccccc1. The van der Waals surface area contributed by atoms with Crippen molar-refractivity contribution in [1.29, 1.82) is 0 Å². The fraction of sp³-hybridized carbons (Fsp3) is 0.350. The minimum Gasteiger partial charge on any atom is -0.358 e. The molecule has 2 N–H and O–H groups in total. The van der Waals surface area contributed by atoms with Crippen molar-refractivity contribution < 1.29 is 13.2 Å². The Kier molecular flexibility index (Phi) is 5.82. The van der Waals surface area contributed by atoms with Crippen LogP contribution in [0.15, 0.2) is 54.2 Å². The highest BCUT2D eigenvalue weighted by Gasteiger charge is 2.33. The monoisotopic (exact) mass is 376 g/mol. The Balaban J connectivity index is 1.74. The third kappa shape index (κ3) is 5.08. The molecule has 0 fully saturated rings. The van der Waals surface area contributed by atoms with Crippen LogP contribution in [0.3, 0.4) is 0 Å². The molecule has 0 saturated carbocycles. The van der Waals surface area contributed by atoms with Gasteiger partial charge in [0.05, 0.1) is 12.4 Å². The smallest absolute Gasteiger partial charge is 0.358 e. The third-order valence-electron chi connectivity index (χ3n) is 4.58. The normalized spacial score (nSPS) is 15.7. The maximum absolute atomic E-state index is 13.1. The summed E-state index contributed by atoms with van der Waals surface area (Å²) in [6.45, 7) is 4.50. The molecule has 0 unspecified atom stereocenters.